The second-order valence-corrected chi connectivity index (χ2v) is 22.7. The summed E-state index contributed by atoms with van der Waals surface area (Å²) in [6.45, 7) is 12.5. The average molecular weight is 1090 g/mol. The summed E-state index contributed by atoms with van der Waals surface area (Å²) in [5.41, 5.74) is 6.47. The zero-order valence-electron chi connectivity index (χ0n) is 42.8. The predicted molar refractivity (Wildman–Crippen MR) is 282 cm³/mol. The van der Waals surface area contributed by atoms with E-state index < -0.39 is 28.4 Å². The first-order valence-corrected chi connectivity index (χ1v) is 25.5. The van der Waals surface area contributed by atoms with E-state index in [1.807, 2.05) is 75.5 Å². The number of ketones is 2. The van der Waals surface area contributed by atoms with Gasteiger partial charge >= 0.3 is 12.2 Å². The van der Waals surface area contributed by atoms with Crippen molar-refractivity contribution in [2.75, 3.05) is 40.4 Å². The number of fused-ring (bicyclic) bond motifs is 6. The van der Waals surface area contributed by atoms with Crippen LogP contribution in [0.2, 0.25) is 0 Å². The largest absolute Gasteiger partial charge is 0.497 e. The summed E-state index contributed by atoms with van der Waals surface area (Å²) in [6, 6.07) is 15.2. The Morgan fingerprint density at radius 2 is 1.23 bits per heavy atom. The molecule has 4 amide bonds. The van der Waals surface area contributed by atoms with Crippen LogP contribution in [0.1, 0.15) is 111 Å². The third kappa shape index (κ3) is 11.7. The van der Waals surface area contributed by atoms with E-state index in [2.05, 4.69) is 46.5 Å². The van der Waals surface area contributed by atoms with Gasteiger partial charge in [0.1, 0.15) is 34.2 Å². The number of hydrogen-bond donors (Lipinski definition) is 3. The smallest absolute Gasteiger partial charge is 0.410 e. The first-order chi connectivity index (χ1) is 35.0. The molecule has 20 heteroatoms. The van der Waals surface area contributed by atoms with Crippen LogP contribution < -0.4 is 20.1 Å². The molecule has 6 aliphatic rings. The van der Waals surface area contributed by atoms with Crippen LogP contribution in [0.3, 0.4) is 0 Å². The van der Waals surface area contributed by atoms with Crippen molar-refractivity contribution in [2.45, 2.75) is 121 Å². The SMILES string of the molecule is C.CC(C)(C)OC(=O)N1CC2(CC(=O)CC(=O)N2)C1.COc1cccc(-c2ncc3c(n2)-c2[nH]c4c(c2CC3)C(=O)NC2(C4)CN(C(=O)OC(C)(C)C)C2)c1.COc1cccc(-c2ncc3c(n2)C(=O)C(Br)CC3)c1. The van der Waals surface area contributed by atoms with Gasteiger partial charge in [-0.25, -0.2) is 29.5 Å². The monoisotopic (exact) mass is 1090 g/mol. The minimum atomic E-state index is -0.555. The summed E-state index contributed by atoms with van der Waals surface area (Å²) < 4.78 is 21.3. The van der Waals surface area contributed by atoms with Crippen LogP contribution in [0.4, 0.5) is 9.59 Å². The number of aromatic nitrogens is 5. The van der Waals surface area contributed by atoms with Gasteiger partial charge in [-0.05, 0) is 108 Å². The van der Waals surface area contributed by atoms with Gasteiger partial charge < -0.3 is 44.4 Å². The first kappa shape index (κ1) is 54.1. The number of amides is 4. The quantitative estimate of drug-likeness (QED) is 0.116. The molecule has 3 saturated heterocycles. The van der Waals surface area contributed by atoms with E-state index in [1.54, 1.807) is 46.1 Å². The fraction of sp³-hybridized carbons (Fsp3) is 0.455. The van der Waals surface area contributed by atoms with Crippen LogP contribution in [-0.4, -0.2) is 138 Å². The van der Waals surface area contributed by atoms with E-state index in [9.17, 15) is 28.8 Å². The second-order valence-electron chi connectivity index (χ2n) is 21.6. The van der Waals surface area contributed by atoms with Gasteiger partial charge in [0.05, 0.1) is 53.5 Å². The number of alkyl halides is 1. The molecule has 396 valence electrons. The van der Waals surface area contributed by atoms with E-state index in [0.29, 0.717) is 56.4 Å². The lowest BCUT2D eigenvalue weighted by atomic mass is 9.80. The number of H-pyrrole nitrogens is 1. The highest BCUT2D eigenvalue weighted by Gasteiger charge is 2.52. The molecular weight excluding hydrogens is 1030 g/mol. The number of nitrogens with zero attached hydrogens (tertiary/aromatic N) is 6. The maximum Gasteiger partial charge on any atom is 0.410 e. The molecule has 75 heavy (non-hydrogen) atoms. The van der Waals surface area contributed by atoms with E-state index in [0.717, 1.165) is 87.6 Å². The summed E-state index contributed by atoms with van der Waals surface area (Å²) >= 11 is 3.40. The van der Waals surface area contributed by atoms with Gasteiger partial charge in [0.2, 0.25) is 5.91 Å². The number of halogens is 1. The van der Waals surface area contributed by atoms with Crippen LogP contribution >= 0.6 is 15.9 Å². The molecule has 1 unspecified atom stereocenters. The van der Waals surface area contributed by atoms with Crippen molar-refractivity contribution >= 4 is 51.5 Å². The number of hydrogen-bond acceptors (Lipinski definition) is 14. The molecule has 11 rings (SSSR count). The number of Topliss-reactive ketones (excluding diaryl/α,β-unsaturated/α-hetero) is 2. The lowest BCUT2D eigenvalue weighted by Crippen LogP contribution is -2.74. The lowest BCUT2D eigenvalue weighted by molar-refractivity contribution is -0.138. The molecule has 2 aromatic carbocycles. The minimum absolute atomic E-state index is 0. The van der Waals surface area contributed by atoms with Crippen molar-refractivity contribution < 1.29 is 47.7 Å². The predicted octanol–water partition coefficient (Wildman–Crippen LogP) is 7.66. The number of nitrogens with one attached hydrogen (secondary N) is 3. The Morgan fingerprint density at radius 1 is 0.707 bits per heavy atom. The number of likely N-dealkylation sites (tertiary alicyclic amines) is 2. The summed E-state index contributed by atoms with van der Waals surface area (Å²) in [7, 11) is 3.25. The zero-order chi connectivity index (χ0) is 52.9. The molecule has 0 bridgehead atoms. The fourth-order valence-corrected chi connectivity index (χ4v) is 10.5. The van der Waals surface area contributed by atoms with Gasteiger partial charge in [0, 0.05) is 68.2 Å². The molecule has 4 aliphatic heterocycles. The molecule has 0 saturated carbocycles. The second kappa shape index (κ2) is 20.8. The number of carbonyl (C=O) groups excluding carboxylic acids is 6. The molecule has 0 radical (unpaired) electrons. The van der Waals surface area contributed by atoms with Crippen molar-refractivity contribution in [3.63, 3.8) is 0 Å². The highest BCUT2D eigenvalue weighted by Crippen LogP contribution is 2.41. The number of ether oxygens (including phenoxy) is 4. The van der Waals surface area contributed by atoms with Crippen molar-refractivity contribution in [1.29, 1.82) is 0 Å². The number of methoxy groups -OCH3 is 2. The molecule has 2 spiro atoms. The highest BCUT2D eigenvalue weighted by atomic mass is 79.9. The van der Waals surface area contributed by atoms with Gasteiger partial charge in [0.15, 0.2) is 17.4 Å². The van der Waals surface area contributed by atoms with Crippen molar-refractivity contribution in [1.82, 2.24) is 45.4 Å². The summed E-state index contributed by atoms with van der Waals surface area (Å²) in [5, 5.41) is 5.99. The molecule has 7 heterocycles. The maximum atomic E-state index is 13.3. The third-order valence-corrected chi connectivity index (χ3v) is 14.2. The van der Waals surface area contributed by atoms with Gasteiger partial charge in [-0.15, -0.1) is 0 Å². The molecule has 3 fully saturated rings. The molecule has 1 atom stereocenters. The van der Waals surface area contributed by atoms with Gasteiger partial charge in [0.25, 0.3) is 5.91 Å². The summed E-state index contributed by atoms with van der Waals surface area (Å²) in [4.78, 5) is 97.2. The van der Waals surface area contributed by atoms with Crippen LogP contribution in [0.15, 0.2) is 60.9 Å². The molecular formula is C55H64BrN9O10. The van der Waals surface area contributed by atoms with E-state index >= 15 is 0 Å². The molecule has 3 N–H and O–H groups in total. The van der Waals surface area contributed by atoms with Crippen LogP contribution in [0, 0.1) is 0 Å². The van der Waals surface area contributed by atoms with E-state index in [-0.39, 0.29) is 48.1 Å². The number of rotatable bonds is 4. The Hall–Kier alpha value is -7.22. The van der Waals surface area contributed by atoms with Gasteiger partial charge in [-0.1, -0.05) is 47.6 Å². The Balaban J connectivity index is 0.000000163. The maximum absolute atomic E-state index is 13.3. The normalized spacial score (nSPS) is 18.5. The molecule has 2 aliphatic carbocycles. The van der Waals surface area contributed by atoms with E-state index in [4.69, 9.17) is 23.9 Å². The van der Waals surface area contributed by atoms with Crippen molar-refractivity contribution in [3.8, 4) is 45.7 Å². The number of piperidine rings is 1. The standard InChI is InChI=1S/C27H29N5O4.C15H13BrN2O2.C12H18N2O4.CH4/c1-26(2,3)36-25(34)32-13-27(14-32)11-19-20(24(33)31-27)18-9-8-16-12-28-23(30-21(16)22(18)29-19)15-6-5-7-17(10-15)35-4;1-20-11-4-2-3-9(7-11)15-17-8-10-5-6-12(16)14(19)13(10)18-15;1-11(2,3)18-10(17)14-6-12(7-14)5-8(15)4-9(16)13-12;/h5-7,10,12,29H,8-9,11,13-14H2,1-4H3,(H,31,33);2-4,7-8,12H,5-6H2,1H3;4-7H2,1-3H3,(H,13,16);1H4. The number of aryl methyl sites for hydroxylation is 2. The average Bonchev–Trinajstić information content (AvgIpc) is 3.72. The highest BCUT2D eigenvalue weighted by molar-refractivity contribution is 9.10. The van der Waals surface area contributed by atoms with Crippen LogP contribution in [0.25, 0.3) is 34.2 Å². The third-order valence-electron chi connectivity index (χ3n) is 13.3. The first-order valence-electron chi connectivity index (χ1n) is 24.6. The van der Waals surface area contributed by atoms with Crippen molar-refractivity contribution in [3.05, 3.63) is 94.6 Å². The lowest BCUT2D eigenvalue weighted by Gasteiger charge is -2.51. The summed E-state index contributed by atoms with van der Waals surface area (Å²) in [5.74, 6) is 2.28. The Bertz CT molecular complexity index is 3060. The topological polar surface area (TPSA) is 237 Å². The number of aromatic amines is 1. The van der Waals surface area contributed by atoms with E-state index in [1.165, 1.54) is 4.90 Å². The Labute approximate surface area is 444 Å². The van der Waals surface area contributed by atoms with Gasteiger partial charge in [-0.3, -0.25) is 19.2 Å². The fourth-order valence-electron chi connectivity index (χ4n) is 10.0. The Kier molecular flexibility index (Phi) is 15.0. The summed E-state index contributed by atoms with van der Waals surface area (Å²) in [6.07, 6.45) is 6.92. The number of carbonyl (C=O) groups is 6. The Morgan fingerprint density at radius 3 is 1.75 bits per heavy atom. The zero-order valence-corrected chi connectivity index (χ0v) is 44.4. The minimum Gasteiger partial charge on any atom is -0.497 e. The molecule has 5 aromatic rings. The molecule has 19 nitrogen and oxygen atoms in total. The van der Waals surface area contributed by atoms with Gasteiger partial charge in [-0.2, -0.15) is 0 Å². The van der Waals surface area contributed by atoms with Crippen LogP contribution in [-0.2, 0) is 44.7 Å². The van der Waals surface area contributed by atoms with Crippen LogP contribution in [0.5, 0.6) is 11.5 Å². The number of benzene rings is 2. The van der Waals surface area contributed by atoms with Crippen molar-refractivity contribution in [2.24, 2.45) is 0 Å². The molecule has 3 aromatic heterocycles.